The van der Waals surface area contributed by atoms with Gasteiger partial charge in [0.25, 0.3) is 0 Å². The highest BCUT2D eigenvalue weighted by Crippen LogP contribution is 2.35. The van der Waals surface area contributed by atoms with Crippen LogP contribution in [0.25, 0.3) is 0 Å². The Morgan fingerprint density at radius 1 is 1.11 bits per heavy atom. The normalized spacial score (nSPS) is 12.3. The molecule has 1 atom stereocenters. The number of ether oxygens (including phenoxy) is 2. The minimum atomic E-state index is -0.116. The van der Waals surface area contributed by atoms with Gasteiger partial charge in [0.1, 0.15) is 11.5 Å². The molecule has 102 valence electrons. The molecule has 0 aliphatic rings. The molecule has 0 bridgehead atoms. The topological polar surface area (TPSA) is 44.5 Å². The van der Waals surface area contributed by atoms with Crippen molar-refractivity contribution in [3.05, 3.63) is 22.7 Å². The summed E-state index contributed by atoms with van der Waals surface area (Å²) in [4.78, 5) is 0. The summed E-state index contributed by atoms with van der Waals surface area (Å²) in [5, 5.41) is 0.583. The summed E-state index contributed by atoms with van der Waals surface area (Å²) in [6, 6.07) is 3.56. The van der Waals surface area contributed by atoms with E-state index in [0.717, 1.165) is 24.2 Å². The van der Waals surface area contributed by atoms with Gasteiger partial charge in [0.2, 0.25) is 0 Å². The maximum atomic E-state index is 6.18. The van der Waals surface area contributed by atoms with Gasteiger partial charge in [-0.25, -0.2) is 0 Å². The molecule has 18 heavy (non-hydrogen) atoms. The number of rotatable bonds is 7. The predicted octanol–water partition coefficient (Wildman–Crippen LogP) is 3.94. The van der Waals surface area contributed by atoms with Crippen LogP contribution in [-0.4, -0.2) is 13.2 Å². The smallest absolute Gasteiger partial charge is 0.141 e. The third kappa shape index (κ3) is 4.07. The van der Waals surface area contributed by atoms with Crippen molar-refractivity contribution in [2.75, 3.05) is 13.2 Å². The average molecular weight is 272 g/mol. The molecule has 1 rings (SSSR count). The Morgan fingerprint density at radius 3 is 2.17 bits per heavy atom. The lowest BCUT2D eigenvalue weighted by Gasteiger charge is -2.17. The highest BCUT2D eigenvalue weighted by atomic mass is 35.5. The molecular weight excluding hydrogens is 250 g/mol. The zero-order chi connectivity index (χ0) is 13.5. The van der Waals surface area contributed by atoms with Crippen molar-refractivity contribution in [3.63, 3.8) is 0 Å². The van der Waals surface area contributed by atoms with Crippen LogP contribution in [0.5, 0.6) is 11.5 Å². The van der Waals surface area contributed by atoms with Crippen LogP contribution in [0, 0.1) is 0 Å². The van der Waals surface area contributed by atoms with E-state index in [2.05, 4.69) is 13.8 Å². The Balaban J connectivity index is 3.01. The fourth-order valence-corrected chi connectivity index (χ4v) is 1.79. The van der Waals surface area contributed by atoms with E-state index < -0.39 is 0 Å². The fraction of sp³-hybridized carbons (Fsp3) is 0.571. The summed E-state index contributed by atoms with van der Waals surface area (Å²) < 4.78 is 11.3. The summed E-state index contributed by atoms with van der Waals surface area (Å²) in [5.41, 5.74) is 6.84. The highest BCUT2D eigenvalue weighted by Gasteiger charge is 2.13. The maximum Gasteiger partial charge on any atom is 0.141 e. The number of benzene rings is 1. The molecule has 0 fully saturated rings. The largest absolute Gasteiger partial charge is 0.493 e. The van der Waals surface area contributed by atoms with Gasteiger partial charge in [0.15, 0.2) is 0 Å². The molecule has 0 saturated carbocycles. The van der Waals surface area contributed by atoms with Gasteiger partial charge in [0, 0.05) is 17.7 Å². The second-order valence-electron chi connectivity index (χ2n) is 4.31. The summed E-state index contributed by atoms with van der Waals surface area (Å²) in [6.07, 6.45) is 1.89. The van der Waals surface area contributed by atoms with Crippen molar-refractivity contribution >= 4 is 11.6 Å². The molecule has 4 heteroatoms. The minimum Gasteiger partial charge on any atom is -0.493 e. The van der Waals surface area contributed by atoms with E-state index in [1.807, 2.05) is 19.1 Å². The number of halogens is 1. The number of hydrogen-bond acceptors (Lipinski definition) is 3. The molecule has 0 radical (unpaired) electrons. The summed E-state index contributed by atoms with van der Waals surface area (Å²) in [5.74, 6) is 1.43. The zero-order valence-corrected chi connectivity index (χ0v) is 12.1. The Labute approximate surface area is 114 Å². The van der Waals surface area contributed by atoms with Crippen LogP contribution in [0.4, 0.5) is 0 Å². The van der Waals surface area contributed by atoms with E-state index in [0.29, 0.717) is 24.0 Å². The average Bonchev–Trinajstić information content (AvgIpc) is 2.35. The maximum absolute atomic E-state index is 6.18. The number of hydrogen-bond donors (Lipinski definition) is 1. The number of nitrogens with two attached hydrogens (primary N) is 1. The van der Waals surface area contributed by atoms with Gasteiger partial charge >= 0.3 is 0 Å². The molecule has 0 saturated heterocycles. The van der Waals surface area contributed by atoms with Gasteiger partial charge in [0.05, 0.1) is 18.2 Å². The summed E-state index contributed by atoms with van der Waals surface area (Å²) in [7, 11) is 0. The van der Waals surface area contributed by atoms with E-state index in [9.17, 15) is 0 Å². The first-order valence-corrected chi connectivity index (χ1v) is 6.82. The molecule has 1 aromatic rings. The first-order valence-electron chi connectivity index (χ1n) is 6.44. The van der Waals surface area contributed by atoms with E-state index in [1.165, 1.54) is 0 Å². The van der Waals surface area contributed by atoms with Crippen molar-refractivity contribution in [3.8, 4) is 11.5 Å². The first-order chi connectivity index (χ1) is 8.60. The lowest BCUT2D eigenvalue weighted by Crippen LogP contribution is -2.09. The first kappa shape index (κ1) is 15.1. The SMILES string of the molecule is CCCOc1cc(OCCC)c(C(C)N)cc1Cl. The standard InChI is InChI=1S/C14H22ClNO2/c1-4-6-17-13-9-14(18-7-5-2)12(15)8-11(13)10(3)16/h8-10H,4-7,16H2,1-3H3. The Kier molecular flexibility index (Phi) is 6.30. The lowest BCUT2D eigenvalue weighted by atomic mass is 10.1. The Bertz CT molecular complexity index is 380. The van der Waals surface area contributed by atoms with Gasteiger partial charge in [-0.05, 0) is 25.8 Å². The monoisotopic (exact) mass is 271 g/mol. The second-order valence-corrected chi connectivity index (χ2v) is 4.71. The lowest BCUT2D eigenvalue weighted by molar-refractivity contribution is 0.298. The molecular formula is C14H22ClNO2. The van der Waals surface area contributed by atoms with Gasteiger partial charge in [-0.15, -0.1) is 0 Å². The zero-order valence-electron chi connectivity index (χ0n) is 11.3. The molecule has 0 spiro atoms. The molecule has 1 aromatic carbocycles. The van der Waals surface area contributed by atoms with Crippen LogP contribution in [0.2, 0.25) is 5.02 Å². The van der Waals surface area contributed by atoms with Crippen molar-refractivity contribution in [1.29, 1.82) is 0 Å². The van der Waals surface area contributed by atoms with E-state index in [-0.39, 0.29) is 6.04 Å². The van der Waals surface area contributed by atoms with Gasteiger partial charge < -0.3 is 15.2 Å². The van der Waals surface area contributed by atoms with Crippen LogP contribution >= 0.6 is 11.6 Å². The van der Waals surface area contributed by atoms with E-state index in [4.69, 9.17) is 26.8 Å². The third-order valence-corrected chi connectivity index (χ3v) is 2.77. The predicted molar refractivity (Wildman–Crippen MR) is 75.6 cm³/mol. The molecule has 0 aliphatic carbocycles. The highest BCUT2D eigenvalue weighted by molar-refractivity contribution is 6.32. The van der Waals surface area contributed by atoms with Gasteiger partial charge in [-0.2, -0.15) is 0 Å². The quantitative estimate of drug-likeness (QED) is 0.817. The molecule has 3 nitrogen and oxygen atoms in total. The minimum absolute atomic E-state index is 0.116. The van der Waals surface area contributed by atoms with Crippen LogP contribution in [0.1, 0.15) is 45.2 Å². The Morgan fingerprint density at radius 2 is 1.67 bits per heavy atom. The Hall–Kier alpha value is -0.930. The molecule has 1 unspecified atom stereocenters. The summed E-state index contributed by atoms with van der Waals surface area (Å²) in [6.45, 7) is 7.34. The van der Waals surface area contributed by atoms with E-state index in [1.54, 1.807) is 0 Å². The van der Waals surface area contributed by atoms with Crippen LogP contribution in [0.3, 0.4) is 0 Å². The second kappa shape index (κ2) is 7.49. The fourth-order valence-electron chi connectivity index (χ4n) is 1.57. The molecule has 0 aliphatic heterocycles. The van der Waals surface area contributed by atoms with Crippen LogP contribution < -0.4 is 15.2 Å². The van der Waals surface area contributed by atoms with Crippen LogP contribution in [-0.2, 0) is 0 Å². The third-order valence-electron chi connectivity index (χ3n) is 2.48. The van der Waals surface area contributed by atoms with Crippen molar-refractivity contribution in [2.45, 2.75) is 39.7 Å². The van der Waals surface area contributed by atoms with Crippen molar-refractivity contribution in [2.24, 2.45) is 5.73 Å². The van der Waals surface area contributed by atoms with E-state index >= 15 is 0 Å². The molecule has 2 N–H and O–H groups in total. The van der Waals surface area contributed by atoms with Crippen LogP contribution in [0.15, 0.2) is 12.1 Å². The molecule has 0 heterocycles. The molecule has 0 amide bonds. The summed E-state index contributed by atoms with van der Waals surface area (Å²) >= 11 is 6.18. The van der Waals surface area contributed by atoms with Crippen molar-refractivity contribution < 1.29 is 9.47 Å². The van der Waals surface area contributed by atoms with Crippen molar-refractivity contribution in [1.82, 2.24) is 0 Å². The van der Waals surface area contributed by atoms with Gasteiger partial charge in [-0.1, -0.05) is 25.4 Å². The molecule has 0 aromatic heterocycles. The van der Waals surface area contributed by atoms with Gasteiger partial charge in [-0.3, -0.25) is 0 Å².